The number of anilines is 1. The molecule has 1 atom stereocenters. The van der Waals surface area contributed by atoms with Crippen LogP contribution in [-0.2, 0) is 6.54 Å². The fourth-order valence-electron chi connectivity index (χ4n) is 3.65. The van der Waals surface area contributed by atoms with Crippen molar-refractivity contribution >= 4 is 35.6 Å². The Morgan fingerprint density at radius 3 is 2.34 bits per heavy atom. The van der Waals surface area contributed by atoms with Crippen LogP contribution in [0.15, 0.2) is 35.3 Å². The molecule has 7 nitrogen and oxygen atoms in total. The standard InChI is InChI=1S/C22H28F2N4O3.HI/c1-25-22(26-12-17-20(30-3)10-16(29-2)11-21(17)31-4)27-15-7-8-28(13-15)19-6-5-14(23)9-18(19)24;/h5-6,9-11,15H,7-8,12-13H2,1-4H3,(H2,25,26,27);1H. The molecule has 0 bridgehead atoms. The molecule has 1 saturated heterocycles. The predicted octanol–water partition coefficient (Wildman–Crippen LogP) is 3.55. The van der Waals surface area contributed by atoms with Crippen molar-refractivity contribution in [3.05, 3.63) is 47.5 Å². The molecule has 0 amide bonds. The van der Waals surface area contributed by atoms with Crippen LogP contribution < -0.4 is 29.7 Å². The van der Waals surface area contributed by atoms with Crippen LogP contribution >= 0.6 is 24.0 Å². The number of benzene rings is 2. The molecule has 2 aromatic carbocycles. The molecule has 0 radical (unpaired) electrons. The van der Waals surface area contributed by atoms with Crippen LogP contribution in [0.2, 0.25) is 0 Å². The number of aliphatic imine (C=N–C) groups is 1. The van der Waals surface area contributed by atoms with E-state index < -0.39 is 11.6 Å². The fraction of sp³-hybridized carbons (Fsp3) is 0.409. The van der Waals surface area contributed by atoms with E-state index in [0.29, 0.717) is 48.5 Å². The highest BCUT2D eigenvalue weighted by atomic mass is 127. The molecule has 176 valence electrons. The highest BCUT2D eigenvalue weighted by Crippen LogP contribution is 2.34. The zero-order valence-electron chi connectivity index (χ0n) is 18.6. The highest BCUT2D eigenvalue weighted by molar-refractivity contribution is 14.0. The second-order valence-corrected chi connectivity index (χ2v) is 7.11. The number of methoxy groups -OCH3 is 3. The Balaban J connectivity index is 0.00000363. The molecule has 1 fully saturated rings. The Bertz CT molecular complexity index is 920. The van der Waals surface area contributed by atoms with E-state index in [1.165, 1.54) is 12.1 Å². The van der Waals surface area contributed by atoms with Gasteiger partial charge in [0.2, 0.25) is 0 Å². The minimum atomic E-state index is -0.580. The van der Waals surface area contributed by atoms with Gasteiger partial charge in [0.15, 0.2) is 5.96 Å². The topological polar surface area (TPSA) is 67.4 Å². The quantitative estimate of drug-likeness (QED) is 0.306. The van der Waals surface area contributed by atoms with Crippen LogP contribution in [0.5, 0.6) is 17.2 Å². The summed E-state index contributed by atoms with van der Waals surface area (Å²) >= 11 is 0. The summed E-state index contributed by atoms with van der Waals surface area (Å²) in [5.41, 5.74) is 1.23. The minimum absolute atomic E-state index is 0. The lowest BCUT2D eigenvalue weighted by Gasteiger charge is -2.21. The lowest BCUT2D eigenvalue weighted by Crippen LogP contribution is -2.44. The molecule has 2 aromatic rings. The molecular weight excluding hydrogens is 533 g/mol. The van der Waals surface area contributed by atoms with Gasteiger partial charge in [-0.2, -0.15) is 0 Å². The summed E-state index contributed by atoms with van der Waals surface area (Å²) in [5.74, 6) is 1.38. The summed E-state index contributed by atoms with van der Waals surface area (Å²) in [4.78, 5) is 6.18. The van der Waals surface area contributed by atoms with Crippen LogP contribution in [0.3, 0.4) is 0 Å². The fourth-order valence-corrected chi connectivity index (χ4v) is 3.65. The van der Waals surface area contributed by atoms with Crippen LogP contribution in [0, 0.1) is 11.6 Å². The van der Waals surface area contributed by atoms with E-state index in [0.717, 1.165) is 18.1 Å². The van der Waals surface area contributed by atoms with E-state index in [9.17, 15) is 8.78 Å². The van der Waals surface area contributed by atoms with Gasteiger partial charge < -0.3 is 29.7 Å². The van der Waals surface area contributed by atoms with Crippen LogP contribution in [-0.4, -0.2) is 53.5 Å². The van der Waals surface area contributed by atoms with E-state index >= 15 is 0 Å². The van der Waals surface area contributed by atoms with Gasteiger partial charge in [0.1, 0.15) is 28.9 Å². The summed E-state index contributed by atoms with van der Waals surface area (Å²) in [6.07, 6.45) is 0.798. The lowest BCUT2D eigenvalue weighted by atomic mass is 10.1. The molecule has 3 rings (SSSR count). The van der Waals surface area contributed by atoms with Gasteiger partial charge in [-0.1, -0.05) is 0 Å². The van der Waals surface area contributed by atoms with Gasteiger partial charge >= 0.3 is 0 Å². The molecule has 10 heteroatoms. The predicted molar refractivity (Wildman–Crippen MR) is 132 cm³/mol. The number of guanidine groups is 1. The first-order valence-electron chi connectivity index (χ1n) is 9.95. The molecule has 0 aromatic heterocycles. The largest absolute Gasteiger partial charge is 0.496 e. The third-order valence-electron chi connectivity index (χ3n) is 5.25. The van der Waals surface area contributed by atoms with Crippen molar-refractivity contribution in [2.45, 2.75) is 19.0 Å². The van der Waals surface area contributed by atoms with E-state index in [2.05, 4.69) is 15.6 Å². The van der Waals surface area contributed by atoms with Crippen molar-refractivity contribution in [3.8, 4) is 17.2 Å². The van der Waals surface area contributed by atoms with E-state index in [1.807, 2.05) is 4.90 Å². The number of hydrogen-bond donors (Lipinski definition) is 2. The Morgan fingerprint density at radius 2 is 1.78 bits per heavy atom. The minimum Gasteiger partial charge on any atom is -0.496 e. The van der Waals surface area contributed by atoms with Gasteiger partial charge in [-0.25, -0.2) is 8.78 Å². The molecule has 1 unspecified atom stereocenters. The van der Waals surface area contributed by atoms with Gasteiger partial charge in [-0.3, -0.25) is 4.99 Å². The number of rotatable bonds is 7. The summed E-state index contributed by atoms with van der Waals surface area (Å²) in [6.45, 7) is 1.66. The van der Waals surface area contributed by atoms with Crippen molar-refractivity contribution < 1.29 is 23.0 Å². The Morgan fingerprint density at radius 1 is 1.09 bits per heavy atom. The first-order chi connectivity index (χ1) is 15.0. The number of halogens is 3. The van der Waals surface area contributed by atoms with Gasteiger partial charge in [0, 0.05) is 44.4 Å². The van der Waals surface area contributed by atoms with Crippen molar-refractivity contribution in [1.82, 2.24) is 10.6 Å². The molecule has 1 aliphatic rings. The van der Waals surface area contributed by atoms with Crippen LogP contribution in [0.1, 0.15) is 12.0 Å². The van der Waals surface area contributed by atoms with Gasteiger partial charge in [-0.05, 0) is 18.6 Å². The number of nitrogens with zero attached hydrogens (tertiary/aromatic N) is 2. The summed E-state index contributed by atoms with van der Waals surface area (Å²) < 4.78 is 43.5. The molecule has 32 heavy (non-hydrogen) atoms. The van der Waals surface area contributed by atoms with Crippen molar-refractivity contribution in [2.24, 2.45) is 4.99 Å². The smallest absolute Gasteiger partial charge is 0.191 e. The van der Waals surface area contributed by atoms with E-state index in [1.54, 1.807) is 40.5 Å². The van der Waals surface area contributed by atoms with Gasteiger partial charge in [-0.15, -0.1) is 24.0 Å². The van der Waals surface area contributed by atoms with Crippen molar-refractivity contribution in [1.29, 1.82) is 0 Å². The molecule has 0 spiro atoms. The van der Waals surface area contributed by atoms with Crippen molar-refractivity contribution in [2.75, 3.05) is 46.4 Å². The molecule has 0 saturated carbocycles. The normalized spacial score (nSPS) is 15.8. The maximum Gasteiger partial charge on any atom is 0.191 e. The van der Waals surface area contributed by atoms with Crippen LogP contribution in [0.25, 0.3) is 0 Å². The second kappa shape index (κ2) is 11.9. The summed E-state index contributed by atoms with van der Waals surface area (Å²) in [5, 5.41) is 6.63. The number of nitrogens with one attached hydrogen (secondary N) is 2. The summed E-state index contributed by atoms with van der Waals surface area (Å²) in [6, 6.07) is 7.31. The third kappa shape index (κ3) is 6.05. The van der Waals surface area contributed by atoms with Crippen molar-refractivity contribution in [3.63, 3.8) is 0 Å². The monoisotopic (exact) mass is 562 g/mol. The van der Waals surface area contributed by atoms with Gasteiger partial charge in [0.25, 0.3) is 0 Å². The molecular formula is C22H29F2IN4O3. The summed E-state index contributed by atoms with van der Waals surface area (Å²) in [7, 11) is 6.45. The zero-order valence-corrected chi connectivity index (χ0v) is 20.9. The first kappa shape index (κ1) is 25.8. The van der Waals surface area contributed by atoms with Crippen LogP contribution in [0.4, 0.5) is 14.5 Å². The highest BCUT2D eigenvalue weighted by Gasteiger charge is 2.25. The van der Waals surface area contributed by atoms with E-state index in [4.69, 9.17) is 14.2 Å². The van der Waals surface area contributed by atoms with E-state index in [-0.39, 0.29) is 30.0 Å². The zero-order chi connectivity index (χ0) is 22.4. The maximum atomic E-state index is 14.1. The molecule has 1 heterocycles. The number of ether oxygens (including phenoxy) is 3. The number of hydrogen-bond acceptors (Lipinski definition) is 5. The Kier molecular flexibility index (Phi) is 9.60. The second-order valence-electron chi connectivity index (χ2n) is 7.11. The molecule has 1 aliphatic heterocycles. The lowest BCUT2D eigenvalue weighted by molar-refractivity contribution is 0.368. The van der Waals surface area contributed by atoms with Gasteiger partial charge in [0.05, 0.1) is 39.1 Å². The average molecular weight is 562 g/mol. The maximum absolute atomic E-state index is 14.1. The molecule has 2 N–H and O–H groups in total. The Hall–Kier alpha value is -2.50. The molecule has 0 aliphatic carbocycles. The Labute approximate surface area is 204 Å². The SMILES string of the molecule is CN=C(NCc1c(OC)cc(OC)cc1OC)NC1CCN(c2ccc(F)cc2F)C1.I. The third-order valence-corrected chi connectivity index (χ3v) is 5.25. The first-order valence-corrected chi connectivity index (χ1v) is 9.95. The average Bonchev–Trinajstić information content (AvgIpc) is 3.24.